The Balaban J connectivity index is 1.34. The fourth-order valence-corrected chi connectivity index (χ4v) is 6.94. The molecule has 0 radical (unpaired) electrons. The van der Waals surface area contributed by atoms with Crippen molar-refractivity contribution in [2.75, 3.05) is 24.5 Å². The van der Waals surface area contributed by atoms with Crippen LogP contribution >= 0.6 is 0 Å². The van der Waals surface area contributed by atoms with E-state index in [0.717, 1.165) is 18.3 Å². The molecule has 0 saturated carbocycles. The summed E-state index contributed by atoms with van der Waals surface area (Å²) in [6, 6.07) is 12.6. The molecule has 2 fully saturated rings. The second-order valence-electron chi connectivity index (χ2n) is 13.7. The maximum atomic E-state index is 14.6. The summed E-state index contributed by atoms with van der Waals surface area (Å²) in [5.41, 5.74) is -7.04. The first-order valence-electron chi connectivity index (χ1n) is 17.5. The van der Waals surface area contributed by atoms with Crippen molar-refractivity contribution in [1.82, 2.24) is 15.2 Å². The van der Waals surface area contributed by atoms with Gasteiger partial charge in [-0.05, 0) is 63.1 Å². The molecule has 2 N–H and O–H groups in total. The van der Waals surface area contributed by atoms with Crippen LogP contribution in [0.1, 0.15) is 56.5 Å². The molecule has 55 heavy (non-hydrogen) atoms. The van der Waals surface area contributed by atoms with Crippen LogP contribution in [-0.2, 0) is 36.9 Å². The Hall–Kier alpha value is -5.25. The number of anilines is 1. The van der Waals surface area contributed by atoms with E-state index in [1.54, 1.807) is 30.9 Å². The maximum Gasteiger partial charge on any atom is 0.430 e. The number of hydrogen-bond acceptors (Lipinski definition) is 8. The summed E-state index contributed by atoms with van der Waals surface area (Å²) in [7, 11) is 0. The summed E-state index contributed by atoms with van der Waals surface area (Å²) in [6.07, 6.45) is -7.35. The van der Waals surface area contributed by atoms with Gasteiger partial charge in [-0.25, -0.2) is 0 Å². The summed E-state index contributed by atoms with van der Waals surface area (Å²) < 4.78 is 98.2. The number of pyridine rings is 1. The number of piperazine rings is 1. The Labute approximate surface area is 314 Å². The molecule has 2 saturated heterocycles. The minimum atomic E-state index is -5.88. The molecule has 1 aromatic heterocycles. The monoisotopic (exact) mass is 773 g/mol. The van der Waals surface area contributed by atoms with Gasteiger partial charge in [0.05, 0.1) is 24.6 Å². The Morgan fingerprint density at radius 3 is 2.29 bits per heavy atom. The summed E-state index contributed by atoms with van der Waals surface area (Å²) in [4.78, 5) is 47.7. The molecule has 0 aliphatic carbocycles. The van der Waals surface area contributed by atoms with Gasteiger partial charge in [0.1, 0.15) is 11.7 Å². The molecule has 0 bridgehead atoms. The molecule has 2 amide bonds. The number of ketones is 1. The van der Waals surface area contributed by atoms with Crippen molar-refractivity contribution in [2.45, 2.75) is 76.4 Å². The van der Waals surface area contributed by atoms with Crippen LogP contribution in [0.15, 0.2) is 72.9 Å². The van der Waals surface area contributed by atoms with Crippen molar-refractivity contribution >= 4 is 35.6 Å². The number of alkyl halides is 6. The zero-order chi connectivity index (χ0) is 40.3. The Morgan fingerprint density at radius 2 is 1.73 bits per heavy atom. The van der Waals surface area contributed by atoms with Crippen molar-refractivity contribution in [2.24, 2.45) is 5.92 Å². The average Bonchev–Trinajstić information content (AvgIpc) is 3.36. The fraction of sp³-hybridized carbons (Fsp3) is 0.410. The number of amides is 2. The highest BCUT2D eigenvalue weighted by molar-refractivity contribution is 6.21. The number of carbonyl (C=O) groups is 3. The lowest BCUT2D eigenvalue weighted by atomic mass is 9.86. The van der Waals surface area contributed by atoms with Gasteiger partial charge >= 0.3 is 12.4 Å². The lowest BCUT2D eigenvalue weighted by Gasteiger charge is -2.42. The molecule has 0 spiro atoms. The Kier molecular flexibility index (Phi) is 11.8. The third-order valence-electron chi connectivity index (χ3n) is 9.62. The van der Waals surface area contributed by atoms with Crippen molar-refractivity contribution in [1.29, 1.82) is 5.41 Å². The van der Waals surface area contributed by atoms with Crippen molar-refractivity contribution < 1.29 is 50.2 Å². The van der Waals surface area contributed by atoms with Crippen molar-refractivity contribution in [3.63, 3.8) is 0 Å². The molecule has 5 rings (SSSR count). The highest BCUT2D eigenvalue weighted by atomic mass is 19.4. The van der Waals surface area contributed by atoms with Gasteiger partial charge in [0.25, 0.3) is 5.60 Å². The van der Waals surface area contributed by atoms with E-state index in [9.17, 15) is 40.7 Å². The first-order chi connectivity index (χ1) is 25.9. The van der Waals surface area contributed by atoms with Crippen LogP contribution < -0.4 is 15.0 Å². The number of ether oxygens (including phenoxy) is 2. The van der Waals surface area contributed by atoms with Crippen LogP contribution in [0.2, 0.25) is 0 Å². The van der Waals surface area contributed by atoms with Gasteiger partial charge in [0.15, 0.2) is 11.3 Å². The molecule has 2 aliphatic heterocycles. The van der Waals surface area contributed by atoms with E-state index >= 15 is 0 Å². The zero-order valence-corrected chi connectivity index (χ0v) is 30.5. The fourth-order valence-electron chi connectivity index (χ4n) is 6.94. The molecule has 3 aromatic rings. The molecular formula is C39H41F6N5O5. The van der Waals surface area contributed by atoms with E-state index in [2.05, 4.69) is 10.3 Å². The summed E-state index contributed by atoms with van der Waals surface area (Å²) in [5.74, 6) is -2.95. The predicted molar refractivity (Wildman–Crippen MR) is 191 cm³/mol. The van der Waals surface area contributed by atoms with E-state index in [-0.39, 0.29) is 42.6 Å². The number of benzene rings is 2. The van der Waals surface area contributed by atoms with Gasteiger partial charge < -0.3 is 30.0 Å². The SMILES string of the molecule is CC=Cc1cc(C(OCc2ccccc2)(C(F)(F)F)C(F)(F)F)ccc1N1CCN(C(=O)CC2C(=O)NC(C=N)(c3ccc(OC(C)C)cn3)C2=O)C[C@@H]1C. The second-order valence-corrected chi connectivity index (χ2v) is 13.7. The quantitative estimate of drug-likeness (QED) is 0.119. The van der Waals surface area contributed by atoms with Crippen LogP contribution in [-0.4, -0.2) is 77.8 Å². The van der Waals surface area contributed by atoms with E-state index in [0.29, 0.717) is 11.4 Å². The van der Waals surface area contributed by atoms with E-state index in [1.807, 2.05) is 13.8 Å². The lowest BCUT2D eigenvalue weighted by molar-refractivity contribution is -0.392. The van der Waals surface area contributed by atoms with E-state index in [4.69, 9.17) is 14.9 Å². The summed E-state index contributed by atoms with van der Waals surface area (Å²) in [6.45, 7) is 6.28. The van der Waals surface area contributed by atoms with Crippen LogP contribution in [0.25, 0.3) is 6.08 Å². The molecule has 3 heterocycles. The van der Waals surface area contributed by atoms with Crippen LogP contribution in [0.5, 0.6) is 5.75 Å². The number of nitrogens with one attached hydrogen (secondary N) is 2. The van der Waals surface area contributed by atoms with Gasteiger partial charge in [-0.1, -0.05) is 48.6 Å². The lowest BCUT2D eigenvalue weighted by Crippen LogP contribution is -2.56. The number of carbonyl (C=O) groups excluding carboxylic acids is 3. The summed E-state index contributed by atoms with van der Waals surface area (Å²) >= 11 is 0. The molecule has 10 nitrogen and oxygen atoms in total. The minimum Gasteiger partial charge on any atom is -0.489 e. The van der Waals surface area contributed by atoms with Gasteiger partial charge in [0.2, 0.25) is 11.8 Å². The molecule has 2 aromatic carbocycles. The van der Waals surface area contributed by atoms with Gasteiger partial charge in [-0.2, -0.15) is 26.3 Å². The minimum absolute atomic E-state index is 0.0708. The maximum absolute atomic E-state index is 14.6. The highest BCUT2D eigenvalue weighted by Crippen LogP contribution is 2.54. The Bertz CT molecular complexity index is 1900. The predicted octanol–water partition coefficient (Wildman–Crippen LogP) is 6.73. The largest absolute Gasteiger partial charge is 0.489 e. The molecule has 2 unspecified atom stereocenters. The second kappa shape index (κ2) is 15.8. The molecular weight excluding hydrogens is 732 g/mol. The third kappa shape index (κ3) is 7.95. The average molecular weight is 774 g/mol. The number of rotatable bonds is 12. The number of hydrogen-bond donors (Lipinski definition) is 2. The number of nitrogens with zero attached hydrogens (tertiary/aromatic N) is 3. The van der Waals surface area contributed by atoms with Crippen LogP contribution in [0.3, 0.4) is 0 Å². The molecule has 294 valence electrons. The van der Waals surface area contributed by atoms with Crippen molar-refractivity contribution in [3.8, 4) is 5.75 Å². The first-order valence-corrected chi connectivity index (χ1v) is 17.5. The number of Topliss-reactive ketones (excluding diaryl/α,β-unsaturated/α-hetero) is 1. The standard InChI is InChI=1S/C39H41F6N5O5/c1-5-9-27-18-28(37(38(40,41)42,39(43,44)45)54-22-26-10-7-6-8-11-26)12-14-31(27)50-17-16-49(21-25(50)4)33(51)19-30-34(52)36(23-46,48-35(30)53)32-15-13-29(20-47-32)55-24(2)3/h5-15,18,20,23-25,30,46H,16-17,19,21-22H2,1-4H3,(H,48,53)/t25-,30?,36?/m0/s1. The van der Waals surface area contributed by atoms with Crippen LogP contribution in [0.4, 0.5) is 32.0 Å². The van der Waals surface area contributed by atoms with Gasteiger partial charge in [-0.15, -0.1) is 0 Å². The van der Waals surface area contributed by atoms with E-state index in [1.165, 1.54) is 59.6 Å². The van der Waals surface area contributed by atoms with Gasteiger partial charge in [0, 0.05) is 49.6 Å². The smallest absolute Gasteiger partial charge is 0.430 e. The number of aromatic nitrogens is 1. The van der Waals surface area contributed by atoms with Crippen molar-refractivity contribution in [3.05, 3.63) is 95.3 Å². The third-order valence-corrected chi connectivity index (χ3v) is 9.62. The molecule has 2 aliphatic rings. The zero-order valence-electron chi connectivity index (χ0n) is 30.5. The van der Waals surface area contributed by atoms with Gasteiger partial charge in [-0.3, -0.25) is 19.4 Å². The topological polar surface area (TPSA) is 125 Å². The Morgan fingerprint density at radius 1 is 1.04 bits per heavy atom. The van der Waals surface area contributed by atoms with Crippen LogP contribution in [0, 0.1) is 11.3 Å². The highest BCUT2D eigenvalue weighted by Gasteiger charge is 2.73. The summed E-state index contributed by atoms with van der Waals surface area (Å²) in [5, 5.41) is 10.6. The van der Waals surface area contributed by atoms with E-state index < -0.39 is 71.6 Å². The molecule has 3 atom stereocenters. The molecule has 16 heteroatoms. The number of halogens is 6. The first kappa shape index (κ1) is 40.9. The normalized spacial score (nSPS) is 21.0. The number of allylic oxidation sites excluding steroid dienone is 1.